The van der Waals surface area contributed by atoms with Crippen molar-refractivity contribution < 1.29 is 9.21 Å². The zero-order valence-electron chi connectivity index (χ0n) is 9.38. The van der Waals surface area contributed by atoms with Crippen LogP contribution in [0.3, 0.4) is 0 Å². The van der Waals surface area contributed by atoms with Crippen LogP contribution in [0.25, 0.3) is 11.5 Å². The van der Waals surface area contributed by atoms with Gasteiger partial charge in [-0.3, -0.25) is 10.1 Å². The molecule has 2 aromatic rings. The van der Waals surface area contributed by atoms with Gasteiger partial charge in [0.05, 0.1) is 12.3 Å². The first-order valence-electron chi connectivity index (χ1n) is 5.44. The van der Waals surface area contributed by atoms with Gasteiger partial charge in [-0.2, -0.15) is 0 Å². The second-order valence-electron chi connectivity index (χ2n) is 3.78. The molecule has 7 heteroatoms. The number of thioether (sulfide) groups is 1. The van der Waals surface area contributed by atoms with Crippen LogP contribution in [0.2, 0.25) is 0 Å². The molecule has 1 aliphatic rings. The molecule has 1 saturated heterocycles. The number of hydrogen-bond acceptors (Lipinski definition) is 6. The summed E-state index contributed by atoms with van der Waals surface area (Å²) in [6.45, 7) is 0. The molecule has 1 aliphatic heterocycles. The third-order valence-electron chi connectivity index (χ3n) is 2.54. The van der Waals surface area contributed by atoms with Gasteiger partial charge < -0.3 is 9.73 Å². The molecule has 5 nitrogen and oxygen atoms in total. The van der Waals surface area contributed by atoms with Gasteiger partial charge in [-0.1, -0.05) is 0 Å². The largest absolute Gasteiger partial charge is 0.463 e. The smallest absolute Gasteiger partial charge is 0.244 e. The molecule has 2 N–H and O–H groups in total. The maximum atomic E-state index is 11.9. The lowest BCUT2D eigenvalue weighted by atomic mass is 10.3. The van der Waals surface area contributed by atoms with E-state index >= 15 is 0 Å². The molecule has 1 amide bonds. The first-order chi connectivity index (χ1) is 8.83. The molecular weight excluding hydrogens is 270 g/mol. The quantitative estimate of drug-likeness (QED) is 0.900. The Balaban J connectivity index is 1.68. The van der Waals surface area contributed by atoms with Crippen LogP contribution in [-0.2, 0) is 4.79 Å². The molecule has 94 valence electrons. The Morgan fingerprint density at radius 1 is 1.61 bits per heavy atom. The second-order valence-corrected chi connectivity index (χ2v) is 5.66. The van der Waals surface area contributed by atoms with Gasteiger partial charge in [0.2, 0.25) is 5.91 Å². The third kappa shape index (κ3) is 2.43. The number of rotatable bonds is 3. The highest BCUT2D eigenvalue weighted by molar-refractivity contribution is 7.99. The van der Waals surface area contributed by atoms with E-state index in [4.69, 9.17) is 4.42 Å². The fraction of sp³-hybridized carbons (Fsp3) is 0.273. The molecule has 0 aromatic carbocycles. The van der Waals surface area contributed by atoms with E-state index < -0.39 is 0 Å². The first-order valence-corrected chi connectivity index (χ1v) is 7.48. The number of nitrogens with one attached hydrogen (secondary N) is 2. The van der Waals surface area contributed by atoms with Crippen molar-refractivity contribution in [3.63, 3.8) is 0 Å². The monoisotopic (exact) mass is 281 g/mol. The summed E-state index contributed by atoms with van der Waals surface area (Å²) in [5.41, 5.74) is 0.744. The predicted octanol–water partition coefficient (Wildman–Crippen LogP) is 2.00. The van der Waals surface area contributed by atoms with Gasteiger partial charge in [-0.25, -0.2) is 4.98 Å². The summed E-state index contributed by atoms with van der Waals surface area (Å²) in [4.78, 5) is 16.2. The Hall–Kier alpha value is -1.31. The molecule has 1 fully saturated rings. The van der Waals surface area contributed by atoms with Gasteiger partial charge in [0.1, 0.15) is 5.69 Å². The van der Waals surface area contributed by atoms with Gasteiger partial charge in [0.25, 0.3) is 0 Å². The molecule has 0 radical (unpaired) electrons. The van der Waals surface area contributed by atoms with Gasteiger partial charge in [-0.05, 0) is 12.1 Å². The van der Waals surface area contributed by atoms with Crippen molar-refractivity contribution in [1.82, 2.24) is 10.3 Å². The lowest BCUT2D eigenvalue weighted by Crippen LogP contribution is -2.37. The maximum Gasteiger partial charge on any atom is 0.244 e. The minimum Gasteiger partial charge on any atom is -0.463 e. The van der Waals surface area contributed by atoms with Crippen LogP contribution in [0.5, 0.6) is 0 Å². The average molecular weight is 281 g/mol. The number of carbonyl (C=O) groups excluding carboxylic acids is 1. The van der Waals surface area contributed by atoms with Crippen LogP contribution in [0.4, 0.5) is 5.13 Å². The average Bonchev–Trinajstić information content (AvgIpc) is 3.12. The Morgan fingerprint density at radius 2 is 2.56 bits per heavy atom. The molecule has 18 heavy (non-hydrogen) atoms. The number of hydrogen-bond donors (Lipinski definition) is 2. The molecule has 0 aliphatic carbocycles. The van der Waals surface area contributed by atoms with Gasteiger partial charge in [-0.15, -0.1) is 23.1 Å². The van der Waals surface area contributed by atoms with Crippen LogP contribution >= 0.6 is 23.1 Å². The lowest BCUT2D eigenvalue weighted by molar-refractivity contribution is -0.117. The van der Waals surface area contributed by atoms with Crippen molar-refractivity contribution in [3.8, 4) is 11.5 Å². The van der Waals surface area contributed by atoms with Crippen molar-refractivity contribution in [2.24, 2.45) is 0 Å². The minimum atomic E-state index is -0.119. The Kier molecular flexibility index (Phi) is 3.35. The number of thiazole rings is 1. The SMILES string of the molecule is O=C(Nc1nc(-c2ccco2)cs1)C1CSCN1. The van der Waals surface area contributed by atoms with Gasteiger partial charge in [0, 0.05) is 17.0 Å². The number of nitrogens with zero attached hydrogens (tertiary/aromatic N) is 1. The summed E-state index contributed by atoms with van der Waals surface area (Å²) in [5, 5.41) is 8.41. The zero-order valence-corrected chi connectivity index (χ0v) is 11.0. The van der Waals surface area contributed by atoms with Gasteiger partial charge >= 0.3 is 0 Å². The Bertz CT molecular complexity index is 532. The highest BCUT2D eigenvalue weighted by Gasteiger charge is 2.23. The number of aromatic nitrogens is 1. The van der Waals surface area contributed by atoms with E-state index in [0.29, 0.717) is 10.9 Å². The van der Waals surface area contributed by atoms with Gasteiger partial charge in [0.15, 0.2) is 10.9 Å². The Labute approximate surface area is 112 Å². The van der Waals surface area contributed by atoms with Crippen LogP contribution in [0.1, 0.15) is 0 Å². The van der Waals surface area contributed by atoms with Crippen LogP contribution < -0.4 is 10.6 Å². The summed E-state index contributed by atoms with van der Waals surface area (Å²) < 4.78 is 5.25. The summed E-state index contributed by atoms with van der Waals surface area (Å²) in [6.07, 6.45) is 1.60. The van der Waals surface area contributed by atoms with E-state index in [1.165, 1.54) is 11.3 Å². The number of anilines is 1. The lowest BCUT2D eigenvalue weighted by Gasteiger charge is -2.07. The maximum absolute atomic E-state index is 11.9. The minimum absolute atomic E-state index is 0.0275. The normalized spacial score (nSPS) is 19.0. The predicted molar refractivity (Wildman–Crippen MR) is 72.7 cm³/mol. The van der Waals surface area contributed by atoms with Crippen molar-refractivity contribution in [3.05, 3.63) is 23.8 Å². The van der Waals surface area contributed by atoms with Crippen LogP contribution in [0, 0.1) is 0 Å². The van der Waals surface area contributed by atoms with Crippen LogP contribution in [-0.4, -0.2) is 28.6 Å². The van der Waals surface area contributed by atoms with E-state index in [1.807, 2.05) is 17.5 Å². The van der Waals surface area contributed by atoms with Crippen molar-refractivity contribution in [1.29, 1.82) is 0 Å². The van der Waals surface area contributed by atoms with E-state index in [9.17, 15) is 4.79 Å². The highest BCUT2D eigenvalue weighted by atomic mass is 32.2. The molecule has 0 spiro atoms. The number of carbonyl (C=O) groups is 1. The summed E-state index contributed by atoms with van der Waals surface area (Å²) in [5.74, 6) is 2.32. The topological polar surface area (TPSA) is 67.2 Å². The fourth-order valence-corrected chi connectivity index (χ4v) is 3.27. The molecule has 0 bridgehead atoms. The summed E-state index contributed by atoms with van der Waals surface area (Å²) in [6, 6.07) is 3.54. The molecule has 3 rings (SSSR count). The van der Waals surface area contributed by atoms with Crippen molar-refractivity contribution in [2.45, 2.75) is 6.04 Å². The van der Waals surface area contributed by atoms with E-state index in [-0.39, 0.29) is 11.9 Å². The van der Waals surface area contributed by atoms with E-state index in [1.54, 1.807) is 18.0 Å². The molecule has 1 atom stereocenters. The molecule has 2 aromatic heterocycles. The van der Waals surface area contributed by atoms with E-state index in [0.717, 1.165) is 17.3 Å². The highest BCUT2D eigenvalue weighted by Crippen LogP contribution is 2.25. The molecular formula is C11H11N3O2S2. The molecule has 1 unspecified atom stereocenters. The zero-order chi connectivity index (χ0) is 12.4. The Morgan fingerprint density at radius 3 is 3.28 bits per heavy atom. The molecule has 3 heterocycles. The summed E-state index contributed by atoms with van der Waals surface area (Å²) in [7, 11) is 0. The first kappa shape index (κ1) is 11.8. The number of furan rings is 1. The summed E-state index contributed by atoms with van der Waals surface area (Å²) >= 11 is 3.12. The number of amides is 1. The van der Waals surface area contributed by atoms with Crippen molar-refractivity contribution >= 4 is 34.1 Å². The second kappa shape index (κ2) is 5.13. The fourth-order valence-electron chi connectivity index (χ4n) is 1.62. The molecule has 0 saturated carbocycles. The third-order valence-corrected chi connectivity index (χ3v) is 4.24. The van der Waals surface area contributed by atoms with Crippen LogP contribution in [0.15, 0.2) is 28.2 Å². The van der Waals surface area contributed by atoms with E-state index in [2.05, 4.69) is 15.6 Å². The van der Waals surface area contributed by atoms with Crippen molar-refractivity contribution in [2.75, 3.05) is 16.9 Å². The standard InChI is InChI=1S/C11H11N3O2S2/c15-10(8-4-17-6-12-8)14-11-13-7(5-18-11)9-2-1-3-16-9/h1-3,5,8,12H,4,6H2,(H,13,14,15).